The fraction of sp³-hybridized carbons (Fsp3) is 0.0455. The SMILES string of the molecule is Cc1ccnc2ccc(-c3cc(C(N)=O)c(N)nc3-c3ccc(F)cc3)cc12. The van der Waals surface area contributed by atoms with Crippen LogP contribution in [-0.2, 0) is 0 Å². The molecule has 2 aromatic heterocycles. The van der Waals surface area contributed by atoms with Crippen LogP contribution in [0.15, 0.2) is 60.8 Å². The molecule has 5 nitrogen and oxygen atoms in total. The first-order chi connectivity index (χ1) is 13.4. The van der Waals surface area contributed by atoms with E-state index < -0.39 is 5.91 Å². The van der Waals surface area contributed by atoms with Gasteiger partial charge in [-0.05, 0) is 66.6 Å². The van der Waals surface area contributed by atoms with E-state index in [4.69, 9.17) is 11.5 Å². The topological polar surface area (TPSA) is 94.9 Å². The van der Waals surface area contributed by atoms with Crippen molar-refractivity contribution >= 4 is 22.6 Å². The van der Waals surface area contributed by atoms with Crippen LogP contribution >= 0.6 is 0 Å². The molecule has 4 aromatic rings. The molecule has 0 unspecified atom stereocenters. The quantitative estimate of drug-likeness (QED) is 0.566. The van der Waals surface area contributed by atoms with Gasteiger partial charge in [0.15, 0.2) is 0 Å². The molecule has 2 heterocycles. The lowest BCUT2D eigenvalue weighted by Crippen LogP contribution is -2.15. The van der Waals surface area contributed by atoms with Gasteiger partial charge >= 0.3 is 0 Å². The third kappa shape index (κ3) is 3.05. The molecule has 6 heteroatoms. The first kappa shape index (κ1) is 17.6. The number of anilines is 1. The van der Waals surface area contributed by atoms with E-state index >= 15 is 0 Å². The Morgan fingerprint density at radius 1 is 1.00 bits per heavy atom. The summed E-state index contributed by atoms with van der Waals surface area (Å²) in [4.78, 5) is 20.6. The minimum atomic E-state index is -0.657. The van der Waals surface area contributed by atoms with E-state index in [1.54, 1.807) is 24.4 Å². The first-order valence-corrected chi connectivity index (χ1v) is 8.66. The van der Waals surface area contributed by atoms with Crippen molar-refractivity contribution in [3.63, 3.8) is 0 Å². The number of benzene rings is 2. The van der Waals surface area contributed by atoms with E-state index in [0.29, 0.717) is 16.8 Å². The average molecular weight is 372 g/mol. The zero-order chi connectivity index (χ0) is 19.8. The van der Waals surface area contributed by atoms with Gasteiger partial charge in [-0.2, -0.15) is 0 Å². The molecule has 0 fully saturated rings. The molecule has 0 aliphatic carbocycles. The lowest BCUT2D eigenvalue weighted by molar-refractivity contribution is 0.100. The van der Waals surface area contributed by atoms with Crippen molar-refractivity contribution in [3.05, 3.63) is 77.7 Å². The first-order valence-electron chi connectivity index (χ1n) is 8.66. The van der Waals surface area contributed by atoms with E-state index in [-0.39, 0.29) is 17.2 Å². The Morgan fingerprint density at radius 3 is 2.43 bits per heavy atom. The number of nitrogens with two attached hydrogens (primary N) is 2. The van der Waals surface area contributed by atoms with Gasteiger partial charge in [0, 0.05) is 22.7 Å². The van der Waals surface area contributed by atoms with Gasteiger partial charge in [0.1, 0.15) is 11.6 Å². The molecular formula is C22H17FN4O. The summed E-state index contributed by atoms with van der Waals surface area (Å²) in [6.07, 6.45) is 1.76. The van der Waals surface area contributed by atoms with Crippen molar-refractivity contribution in [2.75, 3.05) is 5.73 Å². The number of hydrogen-bond donors (Lipinski definition) is 2. The van der Waals surface area contributed by atoms with Crippen molar-refractivity contribution < 1.29 is 9.18 Å². The van der Waals surface area contributed by atoms with Gasteiger partial charge in [0.05, 0.1) is 16.8 Å². The number of primary amides is 1. The largest absolute Gasteiger partial charge is 0.383 e. The van der Waals surface area contributed by atoms with Gasteiger partial charge < -0.3 is 11.5 Å². The molecule has 28 heavy (non-hydrogen) atoms. The van der Waals surface area contributed by atoms with Crippen molar-refractivity contribution in [1.82, 2.24) is 9.97 Å². The highest BCUT2D eigenvalue weighted by Gasteiger charge is 2.17. The number of carbonyl (C=O) groups excluding carboxylic acids is 1. The van der Waals surface area contributed by atoms with Gasteiger partial charge in [-0.3, -0.25) is 9.78 Å². The van der Waals surface area contributed by atoms with Crippen LogP contribution < -0.4 is 11.5 Å². The number of aryl methyl sites for hydroxylation is 1. The molecule has 0 aliphatic heterocycles. The second-order valence-electron chi connectivity index (χ2n) is 6.55. The van der Waals surface area contributed by atoms with Crippen molar-refractivity contribution in [2.45, 2.75) is 6.92 Å². The van der Waals surface area contributed by atoms with Crippen LogP contribution in [0.2, 0.25) is 0 Å². The Balaban J connectivity index is 2.01. The summed E-state index contributed by atoms with van der Waals surface area (Å²) >= 11 is 0. The highest BCUT2D eigenvalue weighted by Crippen LogP contribution is 2.35. The summed E-state index contributed by atoms with van der Waals surface area (Å²) < 4.78 is 13.4. The zero-order valence-corrected chi connectivity index (χ0v) is 15.1. The minimum Gasteiger partial charge on any atom is -0.383 e. The van der Waals surface area contributed by atoms with E-state index in [1.807, 2.05) is 31.2 Å². The van der Waals surface area contributed by atoms with Crippen LogP contribution in [0.4, 0.5) is 10.2 Å². The number of rotatable bonds is 3. The average Bonchev–Trinajstić information content (AvgIpc) is 2.68. The predicted octanol–water partition coefficient (Wildman–Crippen LogP) is 4.09. The van der Waals surface area contributed by atoms with Gasteiger partial charge in [0.25, 0.3) is 5.91 Å². The van der Waals surface area contributed by atoms with Crippen LogP contribution in [-0.4, -0.2) is 15.9 Å². The number of pyridine rings is 2. The molecule has 0 saturated carbocycles. The molecule has 138 valence electrons. The second kappa shape index (κ2) is 6.74. The van der Waals surface area contributed by atoms with Crippen LogP contribution in [0, 0.1) is 12.7 Å². The summed E-state index contributed by atoms with van der Waals surface area (Å²) in [6, 6.07) is 15.3. The minimum absolute atomic E-state index is 0.0363. The molecular weight excluding hydrogens is 355 g/mol. The van der Waals surface area contributed by atoms with E-state index in [1.165, 1.54) is 12.1 Å². The van der Waals surface area contributed by atoms with Crippen molar-refractivity contribution in [3.8, 4) is 22.4 Å². The summed E-state index contributed by atoms with van der Waals surface area (Å²) in [5, 5.41) is 0.988. The Bertz CT molecular complexity index is 1220. The number of nitrogen functional groups attached to an aromatic ring is 1. The molecule has 0 spiro atoms. The van der Waals surface area contributed by atoms with Gasteiger partial charge in [0.2, 0.25) is 0 Å². The Kier molecular flexibility index (Phi) is 4.24. The lowest BCUT2D eigenvalue weighted by atomic mass is 9.95. The lowest BCUT2D eigenvalue weighted by Gasteiger charge is -2.14. The predicted molar refractivity (Wildman–Crippen MR) is 108 cm³/mol. The van der Waals surface area contributed by atoms with E-state index in [0.717, 1.165) is 22.0 Å². The Hall–Kier alpha value is -3.80. The normalized spacial score (nSPS) is 10.9. The highest BCUT2D eigenvalue weighted by atomic mass is 19.1. The molecule has 4 N–H and O–H groups in total. The molecule has 0 atom stereocenters. The van der Waals surface area contributed by atoms with Crippen LogP contribution in [0.5, 0.6) is 0 Å². The maximum absolute atomic E-state index is 13.4. The second-order valence-corrected chi connectivity index (χ2v) is 6.55. The molecule has 4 rings (SSSR count). The van der Waals surface area contributed by atoms with Crippen LogP contribution in [0.25, 0.3) is 33.3 Å². The Morgan fingerprint density at radius 2 is 1.71 bits per heavy atom. The number of hydrogen-bond acceptors (Lipinski definition) is 4. The number of aromatic nitrogens is 2. The number of fused-ring (bicyclic) bond motifs is 1. The molecule has 2 aromatic carbocycles. The van der Waals surface area contributed by atoms with Gasteiger partial charge in [-0.1, -0.05) is 6.07 Å². The number of carbonyl (C=O) groups is 1. The number of halogens is 1. The molecule has 0 aliphatic rings. The van der Waals surface area contributed by atoms with Crippen molar-refractivity contribution in [2.24, 2.45) is 5.73 Å². The van der Waals surface area contributed by atoms with Crippen LogP contribution in [0.1, 0.15) is 15.9 Å². The highest BCUT2D eigenvalue weighted by molar-refractivity contribution is 6.00. The van der Waals surface area contributed by atoms with Gasteiger partial charge in [-0.25, -0.2) is 9.37 Å². The van der Waals surface area contributed by atoms with Gasteiger partial charge in [-0.15, -0.1) is 0 Å². The third-order valence-electron chi connectivity index (χ3n) is 4.71. The Labute approximate surface area is 160 Å². The fourth-order valence-electron chi connectivity index (χ4n) is 3.22. The number of nitrogens with zero attached hydrogens (tertiary/aromatic N) is 2. The molecule has 1 amide bonds. The monoisotopic (exact) mass is 372 g/mol. The fourth-order valence-corrected chi connectivity index (χ4v) is 3.22. The summed E-state index contributed by atoms with van der Waals surface area (Å²) in [5.41, 5.74) is 16.2. The van der Waals surface area contributed by atoms with E-state index in [2.05, 4.69) is 9.97 Å². The third-order valence-corrected chi connectivity index (χ3v) is 4.71. The zero-order valence-electron chi connectivity index (χ0n) is 15.1. The smallest absolute Gasteiger partial charge is 0.252 e. The molecule has 0 bridgehead atoms. The summed E-state index contributed by atoms with van der Waals surface area (Å²) in [7, 11) is 0. The van der Waals surface area contributed by atoms with E-state index in [9.17, 15) is 9.18 Å². The van der Waals surface area contributed by atoms with Crippen molar-refractivity contribution in [1.29, 1.82) is 0 Å². The van der Waals surface area contributed by atoms with Crippen LogP contribution in [0.3, 0.4) is 0 Å². The maximum Gasteiger partial charge on any atom is 0.252 e. The standard InChI is InChI=1S/C22H17FN4O/c1-12-8-9-26-19-7-4-14(10-16(12)19)17-11-18(22(25)28)21(24)27-20(17)13-2-5-15(23)6-3-13/h2-11H,1H3,(H2,24,27)(H2,25,28). The summed E-state index contributed by atoms with van der Waals surface area (Å²) in [6.45, 7) is 2.00. The maximum atomic E-state index is 13.4. The number of amides is 1. The summed E-state index contributed by atoms with van der Waals surface area (Å²) in [5.74, 6) is -0.968. The molecule has 0 radical (unpaired) electrons. The molecule has 0 saturated heterocycles.